The molecule has 0 radical (unpaired) electrons. The van der Waals surface area contributed by atoms with E-state index in [-0.39, 0.29) is 17.6 Å². The maximum absolute atomic E-state index is 12.7. The van der Waals surface area contributed by atoms with Crippen LogP contribution in [-0.2, 0) is 4.79 Å². The van der Waals surface area contributed by atoms with Gasteiger partial charge in [-0.15, -0.1) is 0 Å². The van der Waals surface area contributed by atoms with E-state index in [1.165, 1.54) is 0 Å². The number of nitrogens with one attached hydrogen (secondary N) is 2. The number of benzene rings is 1. The normalized spacial score (nSPS) is 15.9. The van der Waals surface area contributed by atoms with Crippen LogP contribution in [0.3, 0.4) is 0 Å². The Kier molecular flexibility index (Phi) is 5.30. The molecular formula is C20H24N2O4. The minimum absolute atomic E-state index is 0.146. The molecule has 1 aliphatic carbocycles. The molecular weight excluding hydrogens is 332 g/mol. The van der Waals surface area contributed by atoms with Crippen molar-refractivity contribution in [1.82, 2.24) is 10.6 Å². The van der Waals surface area contributed by atoms with Gasteiger partial charge in [-0.1, -0.05) is 19.3 Å². The van der Waals surface area contributed by atoms with E-state index >= 15 is 0 Å². The third kappa shape index (κ3) is 3.59. The molecule has 2 amide bonds. The van der Waals surface area contributed by atoms with Crippen molar-refractivity contribution in [2.75, 3.05) is 14.2 Å². The first-order valence-corrected chi connectivity index (χ1v) is 8.87. The van der Waals surface area contributed by atoms with Crippen LogP contribution in [0, 0.1) is 0 Å². The van der Waals surface area contributed by atoms with Gasteiger partial charge in [0.1, 0.15) is 17.0 Å². The van der Waals surface area contributed by atoms with Crippen LogP contribution in [0.1, 0.15) is 42.7 Å². The lowest BCUT2D eigenvalue weighted by atomic mass is 9.80. The minimum Gasteiger partial charge on any atom is -0.497 e. The van der Waals surface area contributed by atoms with Gasteiger partial charge in [0, 0.05) is 12.6 Å². The SMILES string of the molecule is CNC(=O)C1(NC(=O)c2ccc(-c3ccc(OC)cc3)o2)CCCCC1. The number of hydrogen-bond donors (Lipinski definition) is 2. The van der Waals surface area contributed by atoms with Gasteiger partial charge < -0.3 is 19.8 Å². The van der Waals surface area contributed by atoms with Crippen LogP contribution in [-0.4, -0.2) is 31.5 Å². The maximum Gasteiger partial charge on any atom is 0.287 e. The fraction of sp³-hybridized carbons (Fsp3) is 0.400. The van der Waals surface area contributed by atoms with Crippen LogP contribution in [0.4, 0.5) is 0 Å². The van der Waals surface area contributed by atoms with Crippen LogP contribution in [0.15, 0.2) is 40.8 Å². The number of carbonyl (C=O) groups is 2. The van der Waals surface area contributed by atoms with Gasteiger partial charge in [0.2, 0.25) is 5.91 Å². The van der Waals surface area contributed by atoms with Crippen molar-refractivity contribution in [2.24, 2.45) is 0 Å². The Morgan fingerprint density at radius 1 is 1.04 bits per heavy atom. The summed E-state index contributed by atoms with van der Waals surface area (Å²) in [6.45, 7) is 0. The monoisotopic (exact) mass is 356 g/mol. The zero-order chi connectivity index (χ0) is 18.6. The quantitative estimate of drug-likeness (QED) is 0.862. The highest BCUT2D eigenvalue weighted by atomic mass is 16.5. The summed E-state index contributed by atoms with van der Waals surface area (Å²) in [7, 11) is 3.21. The molecule has 138 valence electrons. The lowest BCUT2D eigenvalue weighted by Crippen LogP contribution is -2.59. The molecule has 2 aromatic rings. The van der Waals surface area contributed by atoms with Crippen molar-refractivity contribution in [3.05, 3.63) is 42.2 Å². The first-order valence-electron chi connectivity index (χ1n) is 8.87. The Bertz CT molecular complexity index is 773. The summed E-state index contributed by atoms with van der Waals surface area (Å²) in [6.07, 6.45) is 4.21. The summed E-state index contributed by atoms with van der Waals surface area (Å²) in [5.41, 5.74) is 0.000442. The number of amides is 2. The Labute approximate surface area is 152 Å². The molecule has 0 atom stereocenters. The smallest absolute Gasteiger partial charge is 0.287 e. The van der Waals surface area contributed by atoms with Crippen LogP contribution >= 0.6 is 0 Å². The first kappa shape index (κ1) is 18.0. The summed E-state index contributed by atoms with van der Waals surface area (Å²) >= 11 is 0. The molecule has 0 saturated heterocycles. The number of hydrogen-bond acceptors (Lipinski definition) is 4. The molecule has 1 aromatic carbocycles. The third-order valence-corrected chi connectivity index (χ3v) is 4.93. The molecule has 0 aliphatic heterocycles. The van der Waals surface area contributed by atoms with Gasteiger partial charge in [0.25, 0.3) is 5.91 Å². The summed E-state index contributed by atoms with van der Waals surface area (Å²) < 4.78 is 10.9. The van der Waals surface area contributed by atoms with E-state index in [4.69, 9.17) is 9.15 Å². The fourth-order valence-electron chi connectivity index (χ4n) is 3.45. The molecule has 1 fully saturated rings. The van der Waals surface area contributed by atoms with Gasteiger partial charge in [0.05, 0.1) is 7.11 Å². The Morgan fingerprint density at radius 3 is 2.35 bits per heavy atom. The highest BCUT2D eigenvalue weighted by Gasteiger charge is 2.40. The largest absolute Gasteiger partial charge is 0.497 e. The molecule has 6 nitrogen and oxygen atoms in total. The fourth-order valence-corrected chi connectivity index (χ4v) is 3.45. The zero-order valence-electron chi connectivity index (χ0n) is 15.1. The molecule has 1 aliphatic rings. The van der Waals surface area contributed by atoms with E-state index in [1.807, 2.05) is 24.3 Å². The van der Waals surface area contributed by atoms with Gasteiger partial charge in [-0.05, 0) is 49.2 Å². The average Bonchev–Trinajstić information content (AvgIpc) is 3.18. The number of methoxy groups -OCH3 is 1. The van der Waals surface area contributed by atoms with Crippen molar-refractivity contribution in [3.8, 4) is 17.1 Å². The lowest BCUT2D eigenvalue weighted by Gasteiger charge is -2.35. The lowest BCUT2D eigenvalue weighted by molar-refractivity contribution is -0.128. The topological polar surface area (TPSA) is 80.6 Å². The highest BCUT2D eigenvalue weighted by molar-refractivity contribution is 5.98. The van der Waals surface area contributed by atoms with Crippen molar-refractivity contribution >= 4 is 11.8 Å². The maximum atomic E-state index is 12.7. The number of carbonyl (C=O) groups excluding carboxylic acids is 2. The van der Waals surface area contributed by atoms with E-state index in [0.29, 0.717) is 18.6 Å². The molecule has 26 heavy (non-hydrogen) atoms. The molecule has 1 aromatic heterocycles. The van der Waals surface area contributed by atoms with Gasteiger partial charge in [-0.2, -0.15) is 0 Å². The number of likely N-dealkylation sites (N-methyl/N-ethyl adjacent to an activating group) is 1. The van der Waals surface area contributed by atoms with E-state index in [2.05, 4.69) is 10.6 Å². The Hall–Kier alpha value is -2.76. The number of ether oxygens (including phenoxy) is 1. The van der Waals surface area contributed by atoms with Crippen molar-refractivity contribution < 1.29 is 18.7 Å². The van der Waals surface area contributed by atoms with Crippen LogP contribution in [0.2, 0.25) is 0 Å². The summed E-state index contributed by atoms with van der Waals surface area (Å²) in [5, 5.41) is 5.60. The zero-order valence-corrected chi connectivity index (χ0v) is 15.1. The van der Waals surface area contributed by atoms with Crippen molar-refractivity contribution in [3.63, 3.8) is 0 Å². The van der Waals surface area contributed by atoms with Gasteiger partial charge in [0.15, 0.2) is 5.76 Å². The Morgan fingerprint density at radius 2 is 1.73 bits per heavy atom. The average molecular weight is 356 g/mol. The van der Waals surface area contributed by atoms with Crippen molar-refractivity contribution in [1.29, 1.82) is 0 Å². The van der Waals surface area contributed by atoms with Crippen molar-refractivity contribution in [2.45, 2.75) is 37.6 Å². The number of furan rings is 1. The van der Waals surface area contributed by atoms with E-state index in [9.17, 15) is 9.59 Å². The third-order valence-electron chi connectivity index (χ3n) is 4.93. The number of rotatable bonds is 5. The summed E-state index contributed by atoms with van der Waals surface area (Å²) in [6, 6.07) is 10.8. The van der Waals surface area contributed by atoms with Gasteiger partial charge in [-0.3, -0.25) is 9.59 Å². The first-order chi connectivity index (χ1) is 12.6. The van der Waals surface area contributed by atoms with E-state index in [1.54, 1.807) is 26.3 Å². The van der Waals surface area contributed by atoms with Gasteiger partial charge >= 0.3 is 0 Å². The summed E-state index contributed by atoms with van der Waals surface area (Å²) in [5.74, 6) is 1.03. The van der Waals surface area contributed by atoms with E-state index < -0.39 is 5.54 Å². The predicted molar refractivity (Wildman–Crippen MR) is 98.0 cm³/mol. The molecule has 2 N–H and O–H groups in total. The van der Waals surface area contributed by atoms with E-state index in [0.717, 1.165) is 30.6 Å². The molecule has 1 heterocycles. The van der Waals surface area contributed by atoms with Crippen LogP contribution in [0.25, 0.3) is 11.3 Å². The second kappa shape index (κ2) is 7.64. The second-order valence-corrected chi connectivity index (χ2v) is 6.57. The summed E-state index contributed by atoms with van der Waals surface area (Å²) in [4.78, 5) is 25.1. The molecule has 1 saturated carbocycles. The minimum atomic E-state index is -0.850. The van der Waals surface area contributed by atoms with Crippen LogP contribution < -0.4 is 15.4 Å². The molecule has 3 rings (SSSR count). The molecule has 0 bridgehead atoms. The van der Waals surface area contributed by atoms with Gasteiger partial charge in [-0.25, -0.2) is 0 Å². The standard InChI is InChI=1S/C20H24N2O4/c1-21-19(24)20(12-4-3-5-13-20)22-18(23)17-11-10-16(26-17)14-6-8-15(25-2)9-7-14/h6-11H,3-5,12-13H2,1-2H3,(H,21,24)(H,22,23). The second-order valence-electron chi connectivity index (χ2n) is 6.57. The highest BCUT2D eigenvalue weighted by Crippen LogP contribution is 2.30. The molecule has 0 unspecified atom stereocenters. The van der Waals surface area contributed by atoms with Crippen LogP contribution in [0.5, 0.6) is 5.75 Å². The predicted octanol–water partition coefficient (Wildman–Crippen LogP) is 3.13. The molecule has 0 spiro atoms. The molecule has 6 heteroatoms. The Balaban J connectivity index is 1.77.